The summed E-state index contributed by atoms with van der Waals surface area (Å²) in [6.45, 7) is -0.197. The highest BCUT2D eigenvalue weighted by molar-refractivity contribution is 14.0. The van der Waals surface area contributed by atoms with Gasteiger partial charge >= 0.3 is 6.36 Å². The number of carbonyl (C=O) groups is 1. The monoisotopic (exact) mass is 486 g/mol. The second-order valence-electron chi connectivity index (χ2n) is 5.77. The highest BCUT2D eigenvalue weighted by Gasteiger charge is 2.32. The minimum Gasteiger partial charge on any atom is -0.404 e. The van der Waals surface area contributed by atoms with E-state index in [4.69, 9.17) is 5.73 Å². The van der Waals surface area contributed by atoms with E-state index in [9.17, 15) is 18.0 Å². The van der Waals surface area contributed by atoms with E-state index < -0.39 is 12.1 Å². The summed E-state index contributed by atoms with van der Waals surface area (Å²) < 4.78 is 41.0. The fourth-order valence-corrected chi connectivity index (χ4v) is 2.64. The topological polar surface area (TPSA) is 88.7 Å². The van der Waals surface area contributed by atoms with Gasteiger partial charge < -0.3 is 21.1 Å². The predicted octanol–water partition coefficient (Wildman–Crippen LogP) is 3.38. The van der Waals surface area contributed by atoms with E-state index in [-0.39, 0.29) is 54.1 Å². The van der Waals surface area contributed by atoms with Crippen molar-refractivity contribution in [3.63, 3.8) is 0 Å². The summed E-state index contributed by atoms with van der Waals surface area (Å²) in [7, 11) is 0. The molecule has 0 aromatic heterocycles. The van der Waals surface area contributed by atoms with Crippen LogP contribution in [0.1, 0.15) is 32.1 Å². The van der Waals surface area contributed by atoms with Gasteiger partial charge in [0.15, 0.2) is 11.7 Å². The zero-order valence-corrected chi connectivity index (χ0v) is 16.3. The third-order valence-corrected chi connectivity index (χ3v) is 3.74. The molecule has 26 heavy (non-hydrogen) atoms. The summed E-state index contributed by atoms with van der Waals surface area (Å²) >= 11 is 0. The fourth-order valence-electron chi connectivity index (χ4n) is 2.64. The number of nitrogens with two attached hydrogens (primary N) is 1. The normalized spacial score (nSPS) is 15.7. The number of hydrogen-bond acceptors (Lipinski definition) is 3. The van der Waals surface area contributed by atoms with Crippen LogP contribution in [-0.4, -0.2) is 30.8 Å². The Kier molecular flexibility index (Phi) is 8.96. The van der Waals surface area contributed by atoms with Crippen LogP contribution in [0, 0.1) is 0 Å². The van der Waals surface area contributed by atoms with Gasteiger partial charge in [0, 0.05) is 6.04 Å². The van der Waals surface area contributed by atoms with Gasteiger partial charge in [0.2, 0.25) is 5.91 Å². The molecular formula is C16H22F3IN4O2. The molecule has 0 heterocycles. The first-order valence-corrected chi connectivity index (χ1v) is 8.04. The van der Waals surface area contributed by atoms with Gasteiger partial charge in [0.25, 0.3) is 0 Å². The maximum absolute atomic E-state index is 12.4. The molecule has 1 fully saturated rings. The number of rotatable bonds is 5. The largest absolute Gasteiger partial charge is 0.573 e. The molecule has 10 heteroatoms. The number of anilines is 1. The Bertz CT molecular complexity index is 620. The first-order chi connectivity index (χ1) is 11.8. The molecule has 4 N–H and O–H groups in total. The van der Waals surface area contributed by atoms with Gasteiger partial charge in [0.05, 0.1) is 5.69 Å². The number of halogens is 4. The maximum Gasteiger partial charge on any atom is 0.573 e. The first-order valence-electron chi connectivity index (χ1n) is 8.04. The molecule has 0 unspecified atom stereocenters. The molecule has 6 nitrogen and oxygen atoms in total. The smallest absolute Gasteiger partial charge is 0.404 e. The Hall–Kier alpha value is -1.72. The van der Waals surface area contributed by atoms with Crippen LogP contribution in [0.15, 0.2) is 29.3 Å². The highest BCUT2D eigenvalue weighted by atomic mass is 127. The van der Waals surface area contributed by atoms with Crippen molar-refractivity contribution in [1.29, 1.82) is 0 Å². The number of amides is 1. The van der Waals surface area contributed by atoms with Crippen LogP contribution in [0.5, 0.6) is 5.75 Å². The number of benzene rings is 1. The van der Waals surface area contributed by atoms with E-state index in [2.05, 4.69) is 20.4 Å². The van der Waals surface area contributed by atoms with Crippen molar-refractivity contribution < 1.29 is 22.7 Å². The summed E-state index contributed by atoms with van der Waals surface area (Å²) in [5.74, 6) is -0.867. The van der Waals surface area contributed by atoms with Crippen molar-refractivity contribution in [2.75, 3.05) is 11.9 Å². The lowest BCUT2D eigenvalue weighted by Gasteiger charge is -2.22. The number of nitrogens with one attached hydrogen (secondary N) is 2. The van der Waals surface area contributed by atoms with E-state index >= 15 is 0 Å². The third kappa shape index (κ3) is 8.11. The van der Waals surface area contributed by atoms with Gasteiger partial charge in [-0.05, 0) is 25.0 Å². The van der Waals surface area contributed by atoms with Crippen molar-refractivity contribution in [2.45, 2.75) is 44.5 Å². The average molecular weight is 486 g/mol. The summed E-state index contributed by atoms with van der Waals surface area (Å²) in [5, 5.41) is 5.39. The van der Waals surface area contributed by atoms with Crippen LogP contribution in [0.25, 0.3) is 0 Å². The average Bonchev–Trinajstić information content (AvgIpc) is 2.54. The van der Waals surface area contributed by atoms with Crippen LogP contribution in [0.2, 0.25) is 0 Å². The lowest BCUT2D eigenvalue weighted by molar-refractivity contribution is -0.274. The summed E-state index contributed by atoms with van der Waals surface area (Å²) in [6, 6.07) is 5.60. The van der Waals surface area contributed by atoms with Crippen molar-refractivity contribution in [3.05, 3.63) is 24.3 Å². The standard InChI is InChI=1S/C16H21F3N4O2.HI/c17-16(18,19)25-13-9-5-4-8-12(13)23-15(20)21-10-14(24)22-11-6-2-1-3-7-11;/h4-5,8-9,11H,1-3,6-7,10H2,(H,22,24)(H3,20,21,23);1H. The van der Waals surface area contributed by atoms with Crippen LogP contribution < -0.4 is 21.1 Å². The fraction of sp³-hybridized carbons (Fsp3) is 0.500. The molecule has 1 aromatic rings. The molecule has 0 saturated heterocycles. The minimum atomic E-state index is -4.82. The van der Waals surface area contributed by atoms with Crippen molar-refractivity contribution in [2.24, 2.45) is 10.7 Å². The number of hydrogen-bond donors (Lipinski definition) is 3. The van der Waals surface area contributed by atoms with Crippen molar-refractivity contribution in [3.8, 4) is 5.75 Å². The number of nitrogens with zero attached hydrogens (tertiary/aromatic N) is 1. The Balaban J connectivity index is 0.00000338. The van der Waals surface area contributed by atoms with Crippen molar-refractivity contribution >= 4 is 41.5 Å². The van der Waals surface area contributed by atoms with Gasteiger partial charge in [0.1, 0.15) is 6.54 Å². The second-order valence-corrected chi connectivity index (χ2v) is 5.77. The van der Waals surface area contributed by atoms with E-state index in [0.29, 0.717) is 0 Å². The molecule has 1 amide bonds. The SMILES string of the molecule is I.NC(=NCC(=O)NC1CCCCC1)Nc1ccccc1OC(F)(F)F. The van der Waals surface area contributed by atoms with E-state index in [0.717, 1.165) is 31.7 Å². The quantitative estimate of drug-likeness (QED) is 0.339. The maximum atomic E-state index is 12.4. The molecule has 0 atom stereocenters. The predicted molar refractivity (Wildman–Crippen MR) is 104 cm³/mol. The molecule has 1 aliphatic carbocycles. The molecule has 0 bridgehead atoms. The Labute approximate surface area is 166 Å². The number of ether oxygens (including phenoxy) is 1. The van der Waals surface area contributed by atoms with E-state index in [1.807, 2.05) is 0 Å². The van der Waals surface area contributed by atoms with E-state index in [1.54, 1.807) is 0 Å². The zero-order chi connectivity index (χ0) is 18.3. The number of aliphatic imine (C=N–C) groups is 1. The highest BCUT2D eigenvalue weighted by Crippen LogP contribution is 2.29. The molecule has 1 saturated carbocycles. The Morgan fingerprint density at radius 2 is 1.88 bits per heavy atom. The van der Waals surface area contributed by atoms with Gasteiger partial charge in [-0.3, -0.25) is 4.79 Å². The number of alkyl halides is 3. The minimum absolute atomic E-state index is 0. The molecule has 0 aliphatic heterocycles. The molecular weight excluding hydrogens is 464 g/mol. The summed E-state index contributed by atoms with van der Waals surface area (Å²) in [5.41, 5.74) is 5.65. The van der Waals surface area contributed by atoms with Gasteiger partial charge in [-0.1, -0.05) is 31.4 Å². The molecule has 146 valence electrons. The number of guanidine groups is 1. The lowest BCUT2D eigenvalue weighted by atomic mass is 9.95. The molecule has 0 radical (unpaired) electrons. The summed E-state index contributed by atoms with van der Waals surface area (Å²) in [6.07, 6.45) is 0.447. The molecule has 1 aromatic carbocycles. The Morgan fingerprint density at radius 1 is 1.23 bits per heavy atom. The van der Waals surface area contributed by atoms with Gasteiger partial charge in [-0.2, -0.15) is 0 Å². The number of carbonyl (C=O) groups excluding carboxylic acids is 1. The molecule has 1 aliphatic rings. The summed E-state index contributed by atoms with van der Waals surface area (Å²) in [4.78, 5) is 15.7. The van der Waals surface area contributed by atoms with Crippen LogP contribution in [0.3, 0.4) is 0 Å². The van der Waals surface area contributed by atoms with Crippen molar-refractivity contribution in [1.82, 2.24) is 5.32 Å². The molecule has 0 spiro atoms. The zero-order valence-electron chi connectivity index (χ0n) is 14.0. The first kappa shape index (κ1) is 22.3. The van der Waals surface area contributed by atoms with Crippen LogP contribution >= 0.6 is 24.0 Å². The van der Waals surface area contributed by atoms with Crippen LogP contribution in [0.4, 0.5) is 18.9 Å². The lowest BCUT2D eigenvalue weighted by Crippen LogP contribution is -2.38. The van der Waals surface area contributed by atoms with Gasteiger partial charge in [-0.25, -0.2) is 4.99 Å². The molecule has 2 rings (SSSR count). The van der Waals surface area contributed by atoms with Crippen LogP contribution in [-0.2, 0) is 4.79 Å². The van der Waals surface area contributed by atoms with E-state index in [1.165, 1.54) is 24.6 Å². The third-order valence-electron chi connectivity index (χ3n) is 3.74. The second kappa shape index (κ2) is 10.4. The van der Waals surface area contributed by atoms with Gasteiger partial charge in [-0.15, -0.1) is 37.1 Å². The Morgan fingerprint density at radius 3 is 2.54 bits per heavy atom. The number of para-hydroxylation sites is 2.